The molecule has 0 aliphatic rings. The molecule has 2 aromatic carbocycles. The summed E-state index contributed by atoms with van der Waals surface area (Å²) in [4.78, 5) is 0. The molecule has 0 spiro atoms. The van der Waals surface area contributed by atoms with Crippen LogP contribution in [0.15, 0.2) is 48.5 Å². The van der Waals surface area contributed by atoms with E-state index >= 15 is 0 Å². The van der Waals surface area contributed by atoms with Crippen LogP contribution in [-0.2, 0) is 0 Å². The van der Waals surface area contributed by atoms with E-state index in [2.05, 4.69) is 23.8 Å². The molecule has 0 unspecified atom stereocenters. The first-order valence-corrected chi connectivity index (χ1v) is 6.13. The van der Waals surface area contributed by atoms with Crippen molar-refractivity contribution < 1.29 is 4.74 Å². The van der Waals surface area contributed by atoms with Gasteiger partial charge in [0, 0.05) is 5.56 Å². The van der Waals surface area contributed by atoms with Crippen molar-refractivity contribution in [1.82, 2.24) is 0 Å². The smallest absolute Gasteiger partial charge is 0.119 e. The van der Waals surface area contributed by atoms with E-state index in [-0.39, 0.29) is 0 Å². The summed E-state index contributed by atoms with van der Waals surface area (Å²) in [5, 5.41) is 0. The van der Waals surface area contributed by atoms with Crippen LogP contribution in [0.5, 0.6) is 5.75 Å². The van der Waals surface area contributed by atoms with Gasteiger partial charge in [0.15, 0.2) is 0 Å². The molecule has 0 saturated heterocycles. The maximum absolute atomic E-state index is 5.50. The summed E-state index contributed by atoms with van der Waals surface area (Å²) in [7, 11) is 0. The molecule has 1 nitrogen and oxygen atoms in total. The molecule has 2 rings (SSSR count). The van der Waals surface area contributed by atoms with Crippen LogP contribution in [0.3, 0.4) is 0 Å². The second kappa shape index (κ2) is 6.34. The van der Waals surface area contributed by atoms with Crippen LogP contribution in [0, 0.1) is 24.2 Å². The first-order chi connectivity index (χ1) is 9.33. The predicted octanol–water partition coefficient (Wildman–Crippen LogP) is 3.74. The monoisotopic (exact) mass is 246 g/mol. The third kappa shape index (κ3) is 3.41. The number of hydrogen-bond acceptors (Lipinski definition) is 1. The van der Waals surface area contributed by atoms with Gasteiger partial charge in [-0.1, -0.05) is 30.2 Å². The van der Waals surface area contributed by atoms with Crippen molar-refractivity contribution in [3.8, 4) is 41.1 Å². The average molecular weight is 246 g/mol. The topological polar surface area (TPSA) is 9.23 Å². The van der Waals surface area contributed by atoms with Crippen molar-refractivity contribution in [3.05, 3.63) is 54.1 Å². The van der Waals surface area contributed by atoms with Gasteiger partial charge in [-0.05, 0) is 54.2 Å². The maximum atomic E-state index is 5.50. The van der Waals surface area contributed by atoms with Crippen molar-refractivity contribution in [3.63, 3.8) is 0 Å². The molecular weight excluding hydrogens is 232 g/mol. The van der Waals surface area contributed by atoms with Gasteiger partial charge in [-0.2, -0.15) is 0 Å². The van der Waals surface area contributed by atoms with E-state index in [1.165, 1.54) is 0 Å². The normalized spacial score (nSPS) is 9.05. The molecule has 1 heteroatoms. The highest BCUT2D eigenvalue weighted by Crippen LogP contribution is 2.24. The highest BCUT2D eigenvalue weighted by atomic mass is 16.5. The molecular formula is C18H14O. The molecule has 0 amide bonds. The Morgan fingerprint density at radius 3 is 2.53 bits per heavy atom. The number of benzene rings is 2. The molecule has 19 heavy (non-hydrogen) atoms. The molecule has 0 aromatic heterocycles. The maximum Gasteiger partial charge on any atom is 0.119 e. The lowest BCUT2D eigenvalue weighted by Gasteiger charge is -2.06. The highest BCUT2D eigenvalue weighted by Gasteiger charge is 1.99. The van der Waals surface area contributed by atoms with Gasteiger partial charge in [0.05, 0.1) is 6.61 Å². The number of terminal acetylenes is 1. The van der Waals surface area contributed by atoms with E-state index in [4.69, 9.17) is 11.2 Å². The van der Waals surface area contributed by atoms with Gasteiger partial charge in [-0.15, -0.1) is 6.42 Å². The van der Waals surface area contributed by atoms with E-state index in [1.54, 1.807) is 0 Å². The summed E-state index contributed by atoms with van der Waals surface area (Å²) in [6.07, 6.45) is 5.10. The standard InChI is InChI=1S/C18H14O/c1-3-5-7-15-10-12-16(13-11-15)17-8-6-9-18(14-17)19-4-2/h1,6,8-14H,4H2,2H3. The minimum Gasteiger partial charge on any atom is -0.494 e. The predicted molar refractivity (Wildman–Crippen MR) is 78.8 cm³/mol. The molecule has 0 heterocycles. The summed E-state index contributed by atoms with van der Waals surface area (Å²) in [6, 6.07) is 16.0. The molecule has 0 aliphatic heterocycles. The Labute approximate surface area is 114 Å². The summed E-state index contributed by atoms with van der Waals surface area (Å²) in [6.45, 7) is 2.65. The molecule has 0 fully saturated rings. The second-order valence-corrected chi connectivity index (χ2v) is 3.93. The number of hydrogen-bond donors (Lipinski definition) is 0. The molecule has 0 aliphatic carbocycles. The SMILES string of the molecule is C#CC#Cc1ccc(-c2cccc(OCC)c2)cc1. The van der Waals surface area contributed by atoms with Gasteiger partial charge in [0.25, 0.3) is 0 Å². The lowest BCUT2D eigenvalue weighted by atomic mass is 10.0. The zero-order valence-corrected chi connectivity index (χ0v) is 10.8. The van der Waals surface area contributed by atoms with Crippen LogP contribution in [0.1, 0.15) is 12.5 Å². The summed E-state index contributed by atoms with van der Waals surface area (Å²) < 4.78 is 5.50. The molecule has 0 N–H and O–H groups in total. The van der Waals surface area contributed by atoms with Crippen LogP contribution >= 0.6 is 0 Å². The summed E-state index contributed by atoms with van der Waals surface area (Å²) >= 11 is 0. The van der Waals surface area contributed by atoms with Gasteiger partial charge in [-0.3, -0.25) is 0 Å². The van der Waals surface area contributed by atoms with E-state index in [1.807, 2.05) is 49.4 Å². The molecule has 0 bridgehead atoms. The van der Waals surface area contributed by atoms with Gasteiger partial charge in [0.1, 0.15) is 5.75 Å². The fraction of sp³-hybridized carbons (Fsp3) is 0.111. The van der Waals surface area contributed by atoms with Crippen molar-refractivity contribution in [1.29, 1.82) is 0 Å². The van der Waals surface area contributed by atoms with E-state index in [9.17, 15) is 0 Å². The molecule has 2 aromatic rings. The Bertz CT molecular complexity index is 649. The van der Waals surface area contributed by atoms with Gasteiger partial charge < -0.3 is 4.74 Å². The van der Waals surface area contributed by atoms with Crippen molar-refractivity contribution in [2.45, 2.75) is 6.92 Å². The largest absolute Gasteiger partial charge is 0.494 e. The first-order valence-electron chi connectivity index (χ1n) is 6.13. The molecule has 0 radical (unpaired) electrons. The Morgan fingerprint density at radius 2 is 1.84 bits per heavy atom. The number of rotatable bonds is 3. The highest BCUT2D eigenvalue weighted by molar-refractivity contribution is 5.66. The fourth-order valence-corrected chi connectivity index (χ4v) is 1.79. The van der Waals surface area contributed by atoms with Crippen LogP contribution < -0.4 is 4.74 Å². The zero-order valence-electron chi connectivity index (χ0n) is 10.8. The molecule has 0 atom stereocenters. The third-order valence-corrected chi connectivity index (χ3v) is 2.64. The van der Waals surface area contributed by atoms with Crippen LogP contribution in [0.25, 0.3) is 11.1 Å². The van der Waals surface area contributed by atoms with Crippen molar-refractivity contribution in [2.75, 3.05) is 6.61 Å². The van der Waals surface area contributed by atoms with Gasteiger partial charge >= 0.3 is 0 Å². The molecule has 92 valence electrons. The van der Waals surface area contributed by atoms with E-state index < -0.39 is 0 Å². The number of ether oxygens (including phenoxy) is 1. The summed E-state index contributed by atoms with van der Waals surface area (Å²) in [5.74, 6) is 8.69. The van der Waals surface area contributed by atoms with Crippen molar-refractivity contribution in [2.24, 2.45) is 0 Å². The molecule has 0 saturated carbocycles. The first kappa shape index (κ1) is 12.8. The Kier molecular flexibility index (Phi) is 4.27. The minimum atomic E-state index is 0.671. The minimum absolute atomic E-state index is 0.671. The Morgan fingerprint density at radius 1 is 1.05 bits per heavy atom. The lowest BCUT2D eigenvalue weighted by Crippen LogP contribution is -1.91. The Balaban J connectivity index is 2.27. The van der Waals surface area contributed by atoms with E-state index in [0.717, 1.165) is 22.4 Å². The van der Waals surface area contributed by atoms with Gasteiger partial charge in [-0.25, -0.2) is 0 Å². The van der Waals surface area contributed by atoms with E-state index in [0.29, 0.717) is 6.61 Å². The Hall–Kier alpha value is -2.64. The quantitative estimate of drug-likeness (QED) is 0.750. The average Bonchev–Trinajstić information content (AvgIpc) is 2.46. The van der Waals surface area contributed by atoms with Crippen LogP contribution in [0.2, 0.25) is 0 Å². The zero-order chi connectivity index (χ0) is 13.5. The van der Waals surface area contributed by atoms with Crippen LogP contribution in [0.4, 0.5) is 0 Å². The third-order valence-electron chi connectivity index (χ3n) is 2.64. The summed E-state index contributed by atoms with van der Waals surface area (Å²) in [5.41, 5.74) is 3.18. The van der Waals surface area contributed by atoms with Crippen LogP contribution in [-0.4, -0.2) is 6.61 Å². The second-order valence-electron chi connectivity index (χ2n) is 3.93. The van der Waals surface area contributed by atoms with Gasteiger partial charge in [0.2, 0.25) is 0 Å². The van der Waals surface area contributed by atoms with Crippen molar-refractivity contribution >= 4 is 0 Å². The fourth-order valence-electron chi connectivity index (χ4n) is 1.79. The lowest BCUT2D eigenvalue weighted by molar-refractivity contribution is 0.340.